The van der Waals surface area contributed by atoms with Crippen molar-refractivity contribution in [3.63, 3.8) is 0 Å². The molecule has 1 saturated heterocycles. The molecule has 0 saturated carbocycles. The van der Waals surface area contributed by atoms with E-state index in [0.29, 0.717) is 24.3 Å². The summed E-state index contributed by atoms with van der Waals surface area (Å²) in [5.41, 5.74) is 2.10. The lowest BCUT2D eigenvalue weighted by Crippen LogP contribution is -2.46. The number of aliphatic carboxylic acids is 4. The van der Waals surface area contributed by atoms with Crippen LogP contribution in [-0.2, 0) is 24.0 Å². The smallest absolute Gasteiger partial charge is 0.221 e. The maximum atomic E-state index is 11.0. The van der Waals surface area contributed by atoms with E-state index < -0.39 is 23.9 Å². The van der Waals surface area contributed by atoms with Gasteiger partial charge in [0.15, 0.2) is 0 Å². The first-order chi connectivity index (χ1) is 17.8. The second-order valence-corrected chi connectivity index (χ2v) is 8.16. The Bertz CT molecular complexity index is 902. The number of carboxylic acids is 4. The summed E-state index contributed by atoms with van der Waals surface area (Å²) in [7, 11) is 4.26. The zero-order valence-electron chi connectivity index (χ0n) is 21.6. The van der Waals surface area contributed by atoms with Crippen LogP contribution in [0.2, 0.25) is 0 Å². The molecular formula is C25H32N4O9-4. The zero-order chi connectivity index (χ0) is 29.1. The van der Waals surface area contributed by atoms with E-state index in [1.165, 1.54) is 25.6 Å². The van der Waals surface area contributed by atoms with Crippen LogP contribution in [0.5, 0.6) is 0 Å². The number of piperazine rings is 1. The second-order valence-electron chi connectivity index (χ2n) is 8.16. The van der Waals surface area contributed by atoms with Gasteiger partial charge in [-0.15, -0.1) is 0 Å². The Kier molecular flexibility index (Phi) is 16.8. The summed E-state index contributed by atoms with van der Waals surface area (Å²) >= 11 is 0. The Hall–Kier alpha value is -4.23. The Morgan fingerprint density at radius 3 is 1.55 bits per heavy atom. The van der Waals surface area contributed by atoms with Gasteiger partial charge in [0.05, 0.1) is 23.9 Å². The topological polar surface area (TPSA) is 199 Å². The molecule has 38 heavy (non-hydrogen) atoms. The summed E-state index contributed by atoms with van der Waals surface area (Å²) in [4.78, 5) is 55.9. The standard InChI is InChI=1S/C17H28N4O.2C4H4O4/c1-15(22)18-16-5-7-17(8-6-16)21-13-11-20(12-14-21)10-4-9-19(2)3;2*5-3(6)1-2-4(7)8/h5-8H,4,9-14H2,1-3H3,(H,18,22);2*1-2H,(H,5,6)(H,7,8)/p-4/b;2*2-1-. The largest absolute Gasteiger partial charge is 0.545 e. The van der Waals surface area contributed by atoms with E-state index in [1.54, 1.807) is 0 Å². The molecule has 0 bridgehead atoms. The molecule has 2 rings (SSSR count). The molecule has 1 fully saturated rings. The molecule has 1 amide bonds. The van der Waals surface area contributed by atoms with Crippen LogP contribution in [-0.4, -0.2) is 92.9 Å². The number of anilines is 2. The molecule has 1 aromatic rings. The summed E-state index contributed by atoms with van der Waals surface area (Å²) in [5.74, 6) is -6.22. The van der Waals surface area contributed by atoms with Crippen LogP contribution >= 0.6 is 0 Å². The Morgan fingerprint density at radius 2 is 1.21 bits per heavy atom. The second kappa shape index (κ2) is 19.0. The molecule has 0 aliphatic carbocycles. The summed E-state index contributed by atoms with van der Waals surface area (Å²) in [6.07, 6.45) is 2.77. The van der Waals surface area contributed by atoms with Gasteiger partial charge in [-0.2, -0.15) is 0 Å². The van der Waals surface area contributed by atoms with Crippen molar-refractivity contribution < 1.29 is 44.4 Å². The van der Waals surface area contributed by atoms with Gasteiger partial charge < -0.3 is 54.7 Å². The number of hydrogen-bond donors (Lipinski definition) is 1. The SMILES string of the molecule is CC(=O)Nc1ccc(N2CCN(CCCN(C)C)CC2)cc1.O=C([O-])/C=C\C(=O)[O-].O=C([O-])/C=C\C(=O)[O-]. The first-order valence-corrected chi connectivity index (χ1v) is 11.5. The highest BCUT2D eigenvalue weighted by atomic mass is 16.4. The van der Waals surface area contributed by atoms with Crippen molar-refractivity contribution >= 4 is 41.2 Å². The predicted molar refractivity (Wildman–Crippen MR) is 131 cm³/mol. The number of carbonyl (C=O) groups is 5. The van der Waals surface area contributed by atoms with Gasteiger partial charge >= 0.3 is 0 Å². The van der Waals surface area contributed by atoms with Crippen molar-refractivity contribution in [3.8, 4) is 0 Å². The van der Waals surface area contributed by atoms with Crippen LogP contribution in [0.1, 0.15) is 13.3 Å². The van der Waals surface area contributed by atoms with Crippen molar-refractivity contribution in [1.82, 2.24) is 9.80 Å². The van der Waals surface area contributed by atoms with Gasteiger partial charge in [0.2, 0.25) is 5.91 Å². The van der Waals surface area contributed by atoms with Crippen LogP contribution in [0, 0.1) is 0 Å². The summed E-state index contributed by atoms with van der Waals surface area (Å²) in [5, 5.41) is 40.5. The van der Waals surface area contributed by atoms with Gasteiger partial charge in [-0.25, -0.2) is 0 Å². The maximum absolute atomic E-state index is 11.0. The van der Waals surface area contributed by atoms with Crippen LogP contribution in [0.15, 0.2) is 48.6 Å². The number of benzene rings is 1. The lowest BCUT2D eigenvalue weighted by Gasteiger charge is -2.36. The van der Waals surface area contributed by atoms with Crippen molar-refractivity contribution in [2.45, 2.75) is 13.3 Å². The van der Waals surface area contributed by atoms with E-state index in [1.807, 2.05) is 12.1 Å². The third-order valence-corrected chi connectivity index (χ3v) is 4.72. The minimum atomic E-state index is -1.55. The molecule has 0 aromatic heterocycles. The van der Waals surface area contributed by atoms with E-state index in [2.05, 4.69) is 46.2 Å². The van der Waals surface area contributed by atoms with Crippen molar-refractivity contribution in [2.24, 2.45) is 0 Å². The van der Waals surface area contributed by atoms with Gasteiger partial charge in [-0.1, -0.05) is 0 Å². The fraction of sp³-hybridized carbons (Fsp3) is 0.400. The van der Waals surface area contributed by atoms with Crippen LogP contribution in [0.3, 0.4) is 0 Å². The Balaban J connectivity index is 0.000000705. The fourth-order valence-electron chi connectivity index (χ4n) is 3.07. The number of amides is 1. The summed E-state index contributed by atoms with van der Waals surface area (Å²) < 4.78 is 0. The molecule has 0 unspecified atom stereocenters. The van der Waals surface area contributed by atoms with Gasteiger partial charge in [0.1, 0.15) is 0 Å². The first kappa shape index (κ1) is 33.8. The summed E-state index contributed by atoms with van der Waals surface area (Å²) in [6, 6.07) is 8.13. The molecule has 1 N–H and O–H groups in total. The highest BCUT2D eigenvalue weighted by Crippen LogP contribution is 2.19. The number of rotatable bonds is 10. The van der Waals surface area contributed by atoms with Gasteiger partial charge in [-0.05, 0) is 82.2 Å². The van der Waals surface area contributed by atoms with E-state index in [-0.39, 0.29) is 5.91 Å². The van der Waals surface area contributed by atoms with E-state index >= 15 is 0 Å². The predicted octanol–water partition coefficient (Wildman–Crippen LogP) is -4.20. The summed E-state index contributed by atoms with van der Waals surface area (Å²) in [6.45, 7) is 8.27. The average Bonchev–Trinajstić information content (AvgIpc) is 2.83. The Labute approximate surface area is 221 Å². The maximum Gasteiger partial charge on any atom is 0.221 e. The molecule has 1 aromatic carbocycles. The van der Waals surface area contributed by atoms with Crippen molar-refractivity contribution in [2.75, 3.05) is 63.6 Å². The van der Waals surface area contributed by atoms with E-state index in [0.717, 1.165) is 38.4 Å². The van der Waals surface area contributed by atoms with Gasteiger partial charge in [-0.3, -0.25) is 9.69 Å². The third-order valence-electron chi connectivity index (χ3n) is 4.72. The molecule has 0 radical (unpaired) electrons. The molecule has 1 heterocycles. The monoisotopic (exact) mass is 532 g/mol. The number of carboxylic acid groups (broad SMARTS) is 4. The molecule has 1 aliphatic rings. The van der Waals surface area contributed by atoms with Crippen LogP contribution in [0.25, 0.3) is 0 Å². The molecule has 210 valence electrons. The molecule has 0 spiro atoms. The lowest BCUT2D eigenvalue weighted by atomic mass is 10.2. The van der Waals surface area contributed by atoms with Crippen molar-refractivity contribution in [1.29, 1.82) is 0 Å². The highest BCUT2D eigenvalue weighted by Gasteiger charge is 2.16. The Morgan fingerprint density at radius 1 is 0.789 bits per heavy atom. The number of hydrogen-bond acceptors (Lipinski definition) is 12. The molecule has 0 atom stereocenters. The van der Waals surface area contributed by atoms with Crippen molar-refractivity contribution in [3.05, 3.63) is 48.6 Å². The van der Waals surface area contributed by atoms with E-state index in [9.17, 15) is 44.4 Å². The van der Waals surface area contributed by atoms with Gasteiger partial charge in [0.25, 0.3) is 0 Å². The number of nitrogens with one attached hydrogen (secondary N) is 1. The lowest BCUT2D eigenvalue weighted by molar-refractivity contribution is -0.301. The first-order valence-electron chi connectivity index (χ1n) is 11.5. The average molecular weight is 533 g/mol. The fourth-order valence-corrected chi connectivity index (χ4v) is 3.07. The quantitative estimate of drug-likeness (QED) is 0.285. The number of carbonyl (C=O) groups excluding carboxylic acids is 5. The highest BCUT2D eigenvalue weighted by molar-refractivity contribution is 5.89. The van der Waals surface area contributed by atoms with Gasteiger partial charge in [0, 0.05) is 44.5 Å². The number of nitrogens with zero attached hydrogens (tertiary/aromatic N) is 3. The molecule has 13 nitrogen and oxygen atoms in total. The molecular weight excluding hydrogens is 500 g/mol. The zero-order valence-corrected chi connectivity index (χ0v) is 21.6. The van der Waals surface area contributed by atoms with E-state index in [4.69, 9.17) is 0 Å². The minimum absolute atomic E-state index is 0.0286. The molecule has 1 aliphatic heterocycles. The molecule has 13 heteroatoms. The van der Waals surface area contributed by atoms with Crippen LogP contribution < -0.4 is 30.6 Å². The third kappa shape index (κ3) is 19.0. The normalized spacial score (nSPS) is 13.3. The minimum Gasteiger partial charge on any atom is -0.545 e. The van der Waals surface area contributed by atoms with Crippen LogP contribution in [0.4, 0.5) is 11.4 Å².